The summed E-state index contributed by atoms with van der Waals surface area (Å²) in [5.74, 6) is 0.933. The molecule has 0 spiro atoms. The first-order valence-electron chi connectivity index (χ1n) is 5.84. The lowest BCUT2D eigenvalue weighted by atomic mass is 9.93. The van der Waals surface area contributed by atoms with E-state index >= 15 is 0 Å². The van der Waals surface area contributed by atoms with Crippen molar-refractivity contribution in [2.24, 2.45) is 0 Å². The van der Waals surface area contributed by atoms with E-state index in [0.717, 1.165) is 5.75 Å². The van der Waals surface area contributed by atoms with E-state index in [9.17, 15) is 0 Å². The zero-order valence-electron chi connectivity index (χ0n) is 10.9. The molecule has 0 heterocycles. The molecule has 0 aliphatic heterocycles. The van der Waals surface area contributed by atoms with Gasteiger partial charge in [-0.1, -0.05) is 35.9 Å². The largest absolute Gasteiger partial charge is 0.496 e. The van der Waals surface area contributed by atoms with Crippen molar-refractivity contribution in [2.45, 2.75) is 20.8 Å². The van der Waals surface area contributed by atoms with E-state index in [1.165, 1.54) is 27.8 Å². The molecule has 2 rings (SSSR count). The van der Waals surface area contributed by atoms with E-state index in [-0.39, 0.29) is 0 Å². The zero-order chi connectivity index (χ0) is 12.4. The zero-order valence-corrected chi connectivity index (χ0v) is 10.9. The second kappa shape index (κ2) is 4.62. The minimum absolute atomic E-state index is 0.933. The summed E-state index contributed by atoms with van der Waals surface area (Å²) in [6, 6.07) is 12.6. The van der Waals surface area contributed by atoms with Crippen LogP contribution in [0.2, 0.25) is 0 Å². The van der Waals surface area contributed by atoms with Gasteiger partial charge in [0, 0.05) is 5.56 Å². The van der Waals surface area contributed by atoms with Crippen LogP contribution < -0.4 is 4.74 Å². The van der Waals surface area contributed by atoms with Crippen molar-refractivity contribution in [2.75, 3.05) is 7.11 Å². The molecule has 0 saturated carbocycles. The number of aryl methyl sites for hydroxylation is 3. The Labute approximate surface area is 103 Å². The molecular weight excluding hydrogens is 208 g/mol. The van der Waals surface area contributed by atoms with Crippen molar-refractivity contribution in [1.29, 1.82) is 0 Å². The summed E-state index contributed by atoms with van der Waals surface area (Å²) in [6.45, 7) is 6.44. The minimum atomic E-state index is 0.933. The Bertz CT molecular complexity index is 518. The number of para-hydroxylation sites is 1. The SMILES string of the molecule is COc1ccccc1-c1c(C)cc(C)cc1C. The number of methoxy groups -OCH3 is 1. The van der Waals surface area contributed by atoms with Gasteiger partial charge in [0.15, 0.2) is 0 Å². The first-order valence-corrected chi connectivity index (χ1v) is 5.84. The molecule has 0 aromatic heterocycles. The molecule has 0 radical (unpaired) electrons. The lowest BCUT2D eigenvalue weighted by molar-refractivity contribution is 0.416. The summed E-state index contributed by atoms with van der Waals surface area (Å²) in [4.78, 5) is 0. The van der Waals surface area contributed by atoms with Gasteiger partial charge in [-0.3, -0.25) is 0 Å². The predicted octanol–water partition coefficient (Wildman–Crippen LogP) is 4.29. The van der Waals surface area contributed by atoms with Gasteiger partial charge in [-0.15, -0.1) is 0 Å². The molecular formula is C16H18O. The number of benzene rings is 2. The van der Waals surface area contributed by atoms with Crippen LogP contribution in [0.1, 0.15) is 16.7 Å². The van der Waals surface area contributed by atoms with Crippen molar-refractivity contribution in [3.05, 3.63) is 53.1 Å². The Morgan fingerprint density at radius 1 is 0.882 bits per heavy atom. The fourth-order valence-electron chi connectivity index (χ4n) is 2.46. The van der Waals surface area contributed by atoms with Crippen molar-refractivity contribution in [3.63, 3.8) is 0 Å². The molecule has 0 unspecified atom stereocenters. The van der Waals surface area contributed by atoms with E-state index in [2.05, 4.69) is 45.0 Å². The maximum atomic E-state index is 5.44. The van der Waals surface area contributed by atoms with Crippen LogP contribution in [-0.4, -0.2) is 7.11 Å². The molecule has 0 fully saturated rings. The highest BCUT2D eigenvalue weighted by molar-refractivity contribution is 5.76. The fraction of sp³-hybridized carbons (Fsp3) is 0.250. The summed E-state index contributed by atoms with van der Waals surface area (Å²) in [5.41, 5.74) is 6.36. The minimum Gasteiger partial charge on any atom is -0.496 e. The number of rotatable bonds is 2. The molecule has 1 nitrogen and oxygen atoms in total. The van der Waals surface area contributed by atoms with Crippen LogP contribution in [0.4, 0.5) is 0 Å². The normalized spacial score (nSPS) is 10.4. The third kappa shape index (κ3) is 2.19. The molecule has 0 atom stereocenters. The molecule has 0 aliphatic rings. The van der Waals surface area contributed by atoms with Crippen LogP contribution in [0.15, 0.2) is 36.4 Å². The Morgan fingerprint density at radius 2 is 1.47 bits per heavy atom. The summed E-state index contributed by atoms with van der Waals surface area (Å²) in [7, 11) is 1.72. The Hall–Kier alpha value is -1.76. The smallest absolute Gasteiger partial charge is 0.126 e. The monoisotopic (exact) mass is 226 g/mol. The van der Waals surface area contributed by atoms with Gasteiger partial charge >= 0.3 is 0 Å². The van der Waals surface area contributed by atoms with Gasteiger partial charge in [-0.05, 0) is 43.5 Å². The molecule has 1 heteroatoms. The first-order chi connectivity index (χ1) is 8.13. The Kier molecular flexibility index (Phi) is 3.19. The van der Waals surface area contributed by atoms with Gasteiger partial charge in [-0.25, -0.2) is 0 Å². The topological polar surface area (TPSA) is 9.23 Å². The number of hydrogen-bond donors (Lipinski definition) is 0. The molecule has 17 heavy (non-hydrogen) atoms. The van der Waals surface area contributed by atoms with E-state index in [0.29, 0.717) is 0 Å². The maximum Gasteiger partial charge on any atom is 0.126 e. The predicted molar refractivity (Wildman–Crippen MR) is 72.6 cm³/mol. The second-order valence-corrected chi connectivity index (χ2v) is 4.47. The maximum absolute atomic E-state index is 5.44. The van der Waals surface area contributed by atoms with Gasteiger partial charge in [0.1, 0.15) is 5.75 Å². The average molecular weight is 226 g/mol. The summed E-state index contributed by atoms with van der Waals surface area (Å²) < 4.78 is 5.44. The van der Waals surface area contributed by atoms with Crippen molar-refractivity contribution in [3.8, 4) is 16.9 Å². The lowest BCUT2D eigenvalue weighted by Crippen LogP contribution is -1.93. The van der Waals surface area contributed by atoms with Gasteiger partial charge in [-0.2, -0.15) is 0 Å². The van der Waals surface area contributed by atoms with Crippen LogP contribution in [0.5, 0.6) is 5.75 Å². The van der Waals surface area contributed by atoms with Crippen molar-refractivity contribution < 1.29 is 4.74 Å². The summed E-state index contributed by atoms with van der Waals surface area (Å²) in [6.07, 6.45) is 0. The molecule has 2 aromatic rings. The summed E-state index contributed by atoms with van der Waals surface area (Å²) in [5, 5.41) is 0. The van der Waals surface area contributed by atoms with E-state index in [4.69, 9.17) is 4.74 Å². The number of hydrogen-bond acceptors (Lipinski definition) is 1. The molecule has 2 aromatic carbocycles. The average Bonchev–Trinajstić information content (AvgIpc) is 2.28. The molecule has 88 valence electrons. The van der Waals surface area contributed by atoms with E-state index in [1.807, 2.05) is 12.1 Å². The first kappa shape index (κ1) is 11.7. The van der Waals surface area contributed by atoms with Gasteiger partial charge in [0.25, 0.3) is 0 Å². The van der Waals surface area contributed by atoms with E-state index < -0.39 is 0 Å². The lowest BCUT2D eigenvalue weighted by Gasteiger charge is -2.14. The Balaban J connectivity index is 2.68. The molecule has 0 N–H and O–H groups in total. The van der Waals surface area contributed by atoms with Crippen molar-refractivity contribution >= 4 is 0 Å². The molecule has 0 bridgehead atoms. The fourth-order valence-corrected chi connectivity index (χ4v) is 2.46. The molecule has 0 saturated heterocycles. The van der Waals surface area contributed by atoms with Crippen LogP contribution in [0, 0.1) is 20.8 Å². The third-order valence-electron chi connectivity index (χ3n) is 3.05. The van der Waals surface area contributed by atoms with Crippen LogP contribution in [0.3, 0.4) is 0 Å². The summed E-state index contributed by atoms with van der Waals surface area (Å²) >= 11 is 0. The highest BCUT2D eigenvalue weighted by Gasteiger charge is 2.10. The van der Waals surface area contributed by atoms with Crippen LogP contribution in [0.25, 0.3) is 11.1 Å². The second-order valence-electron chi connectivity index (χ2n) is 4.47. The van der Waals surface area contributed by atoms with E-state index in [1.54, 1.807) is 7.11 Å². The molecule has 0 amide bonds. The quantitative estimate of drug-likeness (QED) is 0.742. The highest BCUT2D eigenvalue weighted by Crippen LogP contribution is 2.34. The van der Waals surface area contributed by atoms with Crippen LogP contribution in [-0.2, 0) is 0 Å². The third-order valence-corrected chi connectivity index (χ3v) is 3.05. The number of ether oxygens (including phenoxy) is 1. The van der Waals surface area contributed by atoms with Crippen molar-refractivity contribution in [1.82, 2.24) is 0 Å². The van der Waals surface area contributed by atoms with Gasteiger partial charge < -0.3 is 4.74 Å². The van der Waals surface area contributed by atoms with Gasteiger partial charge in [0.05, 0.1) is 7.11 Å². The van der Waals surface area contributed by atoms with Crippen LogP contribution >= 0.6 is 0 Å². The van der Waals surface area contributed by atoms with Gasteiger partial charge in [0.2, 0.25) is 0 Å². The molecule has 0 aliphatic carbocycles. The highest BCUT2D eigenvalue weighted by atomic mass is 16.5. The Morgan fingerprint density at radius 3 is 2.06 bits per heavy atom. The standard InChI is InChI=1S/C16H18O/c1-11-9-12(2)16(13(3)10-11)14-7-5-6-8-15(14)17-4/h5-10H,1-4H3.